The molecule has 1 fully saturated rings. The van der Waals surface area contributed by atoms with Gasteiger partial charge in [0.05, 0.1) is 6.20 Å². The summed E-state index contributed by atoms with van der Waals surface area (Å²) in [5.41, 5.74) is 1.17. The Hall–Kier alpha value is -2.15. The molecule has 7 nitrogen and oxygen atoms in total. The quantitative estimate of drug-likeness (QED) is 0.898. The SMILES string of the molecule is CCNc1nccc(N2CCN(Cc3cnoc3C)CC2)n1. The highest BCUT2D eigenvalue weighted by Gasteiger charge is 2.19. The van der Waals surface area contributed by atoms with Crippen LogP contribution in [0, 0.1) is 6.92 Å². The van der Waals surface area contributed by atoms with Crippen molar-refractivity contribution in [2.24, 2.45) is 0 Å². The molecular weight excluding hydrogens is 280 g/mol. The highest BCUT2D eigenvalue weighted by molar-refractivity contribution is 5.42. The first kappa shape index (κ1) is 14.8. The lowest BCUT2D eigenvalue weighted by Gasteiger charge is -2.35. The van der Waals surface area contributed by atoms with Crippen molar-refractivity contribution in [2.75, 3.05) is 42.9 Å². The number of nitrogens with zero attached hydrogens (tertiary/aromatic N) is 5. The largest absolute Gasteiger partial charge is 0.361 e. The number of nitrogens with one attached hydrogen (secondary N) is 1. The minimum absolute atomic E-state index is 0.697. The third-order valence-corrected chi connectivity index (χ3v) is 3.92. The summed E-state index contributed by atoms with van der Waals surface area (Å²) in [5, 5.41) is 7.00. The monoisotopic (exact) mass is 302 g/mol. The lowest BCUT2D eigenvalue weighted by atomic mass is 10.2. The van der Waals surface area contributed by atoms with Crippen molar-refractivity contribution < 1.29 is 4.52 Å². The molecule has 1 N–H and O–H groups in total. The van der Waals surface area contributed by atoms with E-state index in [1.54, 1.807) is 0 Å². The van der Waals surface area contributed by atoms with Crippen molar-refractivity contribution >= 4 is 11.8 Å². The summed E-state index contributed by atoms with van der Waals surface area (Å²) in [4.78, 5) is 13.5. The molecule has 1 aliphatic rings. The first-order chi connectivity index (χ1) is 10.8. The van der Waals surface area contributed by atoms with Gasteiger partial charge in [-0.15, -0.1) is 0 Å². The first-order valence-corrected chi connectivity index (χ1v) is 7.70. The van der Waals surface area contributed by atoms with E-state index in [0.717, 1.165) is 50.8 Å². The van der Waals surface area contributed by atoms with Crippen LogP contribution >= 0.6 is 0 Å². The average Bonchev–Trinajstić information content (AvgIpc) is 2.94. The minimum Gasteiger partial charge on any atom is -0.361 e. The lowest BCUT2D eigenvalue weighted by Crippen LogP contribution is -2.46. The molecule has 1 saturated heterocycles. The molecule has 0 unspecified atom stereocenters. The molecule has 1 aliphatic heterocycles. The summed E-state index contributed by atoms with van der Waals surface area (Å²) in [6.45, 7) is 9.67. The second-order valence-corrected chi connectivity index (χ2v) is 5.44. The molecule has 22 heavy (non-hydrogen) atoms. The van der Waals surface area contributed by atoms with E-state index in [0.29, 0.717) is 5.95 Å². The number of hydrogen-bond donors (Lipinski definition) is 1. The third kappa shape index (κ3) is 3.36. The molecule has 0 saturated carbocycles. The molecule has 3 heterocycles. The molecule has 2 aromatic heterocycles. The molecule has 0 atom stereocenters. The van der Waals surface area contributed by atoms with Crippen LogP contribution in [0.25, 0.3) is 0 Å². The fourth-order valence-corrected chi connectivity index (χ4v) is 2.62. The predicted octanol–water partition coefficient (Wildman–Crippen LogP) is 1.53. The third-order valence-electron chi connectivity index (χ3n) is 3.92. The Labute approximate surface area is 130 Å². The maximum Gasteiger partial charge on any atom is 0.224 e. The van der Waals surface area contributed by atoms with E-state index in [9.17, 15) is 0 Å². The van der Waals surface area contributed by atoms with Crippen LogP contribution in [-0.2, 0) is 6.54 Å². The van der Waals surface area contributed by atoms with E-state index in [4.69, 9.17) is 4.52 Å². The summed E-state index contributed by atoms with van der Waals surface area (Å²) in [7, 11) is 0. The standard InChI is InChI=1S/C15H22N6O/c1-3-16-15-17-5-4-14(19-15)21-8-6-20(7-9-21)11-13-10-18-22-12(13)2/h4-5,10H,3,6-9,11H2,1-2H3,(H,16,17,19). The molecule has 0 bridgehead atoms. The average molecular weight is 302 g/mol. The van der Waals surface area contributed by atoms with Gasteiger partial charge >= 0.3 is 0 Å². The summed E-state index contributed by atoms with van der Waals surface area (Å²) in [5.74, 6) is 2.60. The molecule has 0 aromatic carbocycles. The Morgan fingerprint density at radius 3 is 2.77 bits per heavy atom. The minimum atomic E-state index is 0.697. The second kappa shape index (κ2) is 6.74. The molecule has 7 heteroatoms. The van der Waals surface area contributed by atoms with Crippen LogP contribution in [0.2, 0.25) is 0 Å². The van der Waals surface area contributed by atoms with Gasteiger partial charge in [-0.05, 0) is 19.9 Å². The van der Waals surface area contributed by atoms with Gasteiger partial charge in [-0.3, -0.25) is 4.90 Å². The van der Waals surface area contributed by atoms with Gasteiger partial charge in [0, 0.05) is 51.0 Å². The molecule has 3 rings (SSSR count). The summed E-state index contributed by atoms with van der Waals surface area (Å²) in [6, 6.07) is 1.97. The van der Waals surface area contributed by atoms with Gasteiger partial charge in [0.25, 0.3) is 0 Å². The van der Waals surface area contributed by atoms with Crippen molar-refractivity contribution in [3.8, 4) is 0 Å². The highest BCUT2D eigenvalue weighted by atomic mass is 16.5. The highest BCUT2D eigenvalue weighted by Crippen LogP contribution is 2.17. The molecule has 2 aromatic rings. The number of aromatic nitrogens is 3. The normalized spacial score (nSPS) is 16.0. The van der Waals surface area contributed by atoms with Gasteiger partial charge in [-0.1, -0.05) is 5.16 Å². The fourth-order valence-electron chi connectivity index (χ4n) is 2.62. The Bertz CT molecular complexity index is 606. The van der Waals surface area contributed by atoms with E-state index in [-0.39, 0.29) is 0 Å². The van der Waals surface area contributed by atoms with Gasteiger partial charge < -0.3 is 14.7 Å². The van der Waals surface area contributed by atoms with Crippen LogP contribution in [0.1, 0.15) is 18.2 Å². The summed E-state index contributed by atoms with van der Waals surface area (Å²) < 4.78 is 5.12. The summed E-state index contributed by atoms with van der Waals surface area (Å²) in [6.07, 6.45) is 3.63. The second-order valence-electron chi connectivity index (χ2n) is 5.44. The summed E-state index contributed by atoms with van der Waals surface area (Å²) >= 11 is 0. The van der Waals surface area contributed by atoms with Crippen molar-refractivity contribution in [3.63, 3.8) is 0 Å². The van der Waals surface area contributed by atoms with Crippen molar-refractivity contribution in [3.05, 3.63) is 29.8 Å². The lowest BCUT2D eigenvalue weighted by molar-refractivity contribution is 0.247. The molecule has 0 amide bonds. The number of anilines is 2. The Morgan fingerprint density at radius 2 is 2.09 bits per heavy atom. The zero-order chi connectivity index (χ0) is 15.4. The van der Waals surface area contributed by atoms with Crippen LogP contribution in [0.15, 0.2) is 23.0 Å². The Balaban J connectivity index is 1.57. The Morgan fingerprint density at radius 1 is 1.27 bits per heavy atom. The van der Waals surface area contributed by atoms with Gasteiger partial charge in [0.1, 0.15) is 11.6 Å². The fraction of sp³-hybridized carbons (Fsp3) is 0.533. The molecule has 0 spiro atoms. The van der Waals surface area contributed by atoms with Gasteiger partial charge in [-0.25, -0.2) is 4.98 Å². The van der Waals surface area contributed by atoms with Crippen molar-refractivity contribution in [1.29, 1.82) is 0 Å². The molecule has 118 valence electrons. The topological polar surface area (TPSA) is 70.3 Å². The van der Waals surface area contributed by atoms with Crippen LogP contribution < -0.4 is 10.2 Å². The van der Waals surface area contributed by atoms with Crippen molar-refractivity contribution in [2.45, 2.75) is 20.4 Å². The van der Waals surface area contributed by atoms with E-state index >= 15 is 0 Å². The number of piperazine rings is 1. The number of rotatable bonds is 5. The molecule has 0 aliphatic carbocycles. The number of aryl methyl sites for hydroxylation is 1. The predicted molar refractivity (Wildman–Crippen MR) is 84.9 cm³/mol. The zero-order valence-corrected chi connectivity index (χ0v) is 13.1. The Kier molecular flexibility index (Phi) is 4.53. The number of hydrogen-bond acceptors (Lipinski definition) is 7. The molecule has 0 radical (unpaired) electrons. The van der Waals surface area contributed by atoms with Crippen LogP contribution in [0.4, 0.5) is 11.8 Å². The first-order valence-electron chi connectivity index (χ1n) is 7.70. The van der Waals surface area contributed by atoms with Gasteiger partial charge in [-0.2, -0.15) is 4.98 Å². The molecular formula is C15H22N6O. The maximum absolute atomic E-state index is 5.12. The van der Waals surface area contributed by atoms with Gasteiger partial charge in [0.2, 0.25) is 5.95 Å². The van der Waals surface area contributed by atoms with Crippen LogP contribution in [0.5, 0.6) is 0 Å². The van der Waals surface area contributed by atoms with Crippen molar-refractivity contribution in [1.82, 2.24) is 20.0 Å². The van der Waals surface area contributed by atoms with E-state index in [1.165, 1.54) is 5.56 Å². The van der Waals surface area contributed by atoms with Crippen LogP contribution in [-0.4, -0.2) is 52.7 Å². The zero-order valence-electron chi connectivity index (χ0n) is 13.1. The smallest absolute Gasteiger partial charge is 0.224 e. The van der Waals surface area contributed by atoms with Crippen LogP contribution in [0.3, 0.4) is 0 Å². The van der Waals surface area contributed by atoms with E-state index in [1.807, 2.05) is 32.3 Å². The maximum atomic E-state index is 5.12. The van der Waals surface area contributed by atoms with E-state index in [2.05, 4.69) is 30.2 Å². The van der Waals surface area contributed by atoms with E-state index < -0.39 is 0 Å². The van der Waals surface area contributed by atoms with Gasteiger partial charge in [0.15, 0.2) is 0 Å².